The minimum absolute atomic E-state index is 0.158. The van der Waals surface area contributed by atoms with Gasteiger partial charge in [-0.3, -0.25) is 4.79 Å². The second-order valence-electron chi connectivity index (χ2n) is 7.48. The number of ether oxygens (including phenoxy) is 2. The summed E-state index contributed by atoms with van der Waals surface area (Å²) in [6.07, 6.45) is -1.79. The fourth-order valence-electron chi connectivity index (χ4n) is 3.45. The van der Waals surface area contributed by atoms with Crippen molar-refractivity contribution in [3.05, 3.63) is 52.5 Å². The molecular formula is C23H23ClF4O3. The first kappa shape index (κ1) is 23.4. The summed E-state index contributed by atoms with van der Waals surface area (Å²) in [7, 11) is 0. The van der Waals surface area contributed by atoms with Crippen LogP contribution in [0.1, 0.15) is 43.2 Å². The average Bonchev–Trinajstić information content (AvgIpc) is 3.54. The minimum atomic E-state index is -4.47. The zero-order valence-corrected chi connectivity index (χ0v) is 17.7. The highest BCUT2D eigenvalue weighted by atomic mass is 35.5. The fraction of sp³-hybridized carbons (Fsp3) is 0.435. The summed E-state index contributed by atoms with van der Waals surface area (Å²) in [5.74, 6) is -0.336. The van der Waals surface area contributed by atoms with E-state index in [1.165, 1.54) is 12.1 Å². The van der Waals surface area contributed by atoms with Gasteiger partial charge in [-0.15, -0.1) is 0 Å². The van der Waals surface area contributed by atoms with Gasteiger partial charge >= 0.3 is 12.1 Å². The van der Waals surface area contributed by atoms with Gasteiger partial charge in [0.05, 0.1) is 23.1 Å². The van der Waals surface area contributed by atoms with Gasteiger partial charge in [0.2, 0.25) is 0 Å². The van der Waals surface area contributed by atoms with Crippen molar-refractivity contribution >= 4 is 17.6 Å². The lowest BCUT2D eigenvalue weighted by molar-refractivity contribution is -0.145. The van der Waals surface area contributed by atoms with Crippen molar-refractivity contribution < 1.29 is 31.8 Å². The molecule has 3 rings (SSSR count). The average molecular weight is 459 g/mol. The van der Waals surface area contributed by atoms with Gasteiger partial charge in [0.1, 0.15) is 19.0 Å². The third kappa shape index (κ3) is 5.91. The van der Waals surface area contributed by atoms with Crippen molar-refractivity contribution in [2.75, 3.05) is 19.9 Å². The van der Waals surface area contributed by atoms with Crippen molar-refractivity contribution in [2.45, 2.75) is 38.3 Å². The molecule has 1 aliphatic carbocycles. The Morgan fingerprint density at radius 2 is 1.87 bits per heavy atom. The molecule has 31 heavy (non-hydrogen) atoms. The van der Waals surface area contributed by atoms with E-state index in [1.807, 2.05) is 0 Å². The van der Waals surface area contributed by atoms with Crippen molar-refractivity contribution in [2.24, 2.45) is 5.92 Å². The molecule has 1 aliphatic rings. The van der Waals surface area contributed by atoms with Gasteiger partial charge in [-0.2, -0.15) is 13.2 Å². The third-order valence-electron chi connectivity index (χ3n) is 5.15. The molecule has 0 amide bonds. The van der Waals surface area contributed by atoms with Gasteiger partial charge in [0, 0.05) is 5.56 Å². The fourth-order valence-corrected chi connectivity index (χ4v) is 3.74. The Labute approximate surface area is 183 Å². The SMILES string of the molecule is CCOC(=O)C(CC1CC1)c1cc(Cl)c(OCCF)c(-c2ccc(C(F)(F)F)cc2)c1. The molecule has 0 saturated heterocycles. The molecule has 2 aromatic rings. The van der Waals surface area contributed by atoms with Crippen molar-refractivity contribution in [1.82, 2.24) is 0 Å². The summed E-state index contributed by atoms with van der Waals surface area (Å²) in [5, 5.41) is 0.158. The molecule has 1 fully saturated rings. The zero-order valence-electron chi connectivity index (χ0n) is 17.0. The highest BCUT2D eigenvalue weighted by Crippen LogP contribution is 2.44. The highest BCUT2D eigenvalue weighted by Gasteiger charge is 2.33. The maximum absolute atomic E-state index is 13.0. The van der Waals surface area contributed by atoms with Crippen LogP contribution in [0.2, 0.25) is 5.02 Å². The van der Waals surface area contributed by atoms with Gasteiger partial charge in [0.15, 0.2) is 0 Å². The first-order chi connectivity index (χ1) is 14.7. The lowest BCUT2D eigenvalue weighted by Gasteiger charge is -2.20. The first-order valence-electron chi connectivity index (χ1n) is 10.1. The molecule has 1 atom stereocenters. The summed E-state index contributed by atoms with van der Waals surface area (Å²) >= 11 is 6.42. The van der Waals surface area contributed by atoms with Crippen LogP contribution in [-0.2, 0) is 15.7 Å². The molecule has 8 heteroatoms. The molecule has 0 N–H and O–H groups in total. The second kappa shape index (κ2) is 9.90. The summed E-state index contributed by atoms with van der Waals surface area (Å²) < 4.78 is 62.3. The number of alkyl halides is 4. The molecule has 0 aromatic heterocycles. The van der Waals surface area contributed by atoms with E-state index < -0.39 is 24.3 Å². The molecule has 168 valence electrons. The van der Waals surface area contributed by atoms with E-state index in [1.54, 1.807) is 19.1 Å². The number of hydrogen-bond donors (Lipinski definition) is 0. The summed E-state index contributed by atoms with van der Waals surface area (Å²) in [5.41, 5.74) is 0.620. The van der Waals surface area contributed by atoms with Gasteiger partial charge < -0.3 is 9.47 Å². The molecular weight excluding hydrogens is 436 g/mol. The Hall–Kier alpha value is -2.28. The Morgan fingerprint density at radius 1 is 1.19 bits per heavy atom. The Bertz CT molecular complexity index is 908. The van der Waals surface area contributed by atoms with Crippen LogP contribution in [0.15, 0.2) is 36.4 Å². The minimum Gasteiger partial charge on any atom is -0.489 e. The van der Waals surface area contributed by atoms with Crippen LogP contribution in [0, 0.1) is 5.92 Å². The number of hydrogen-bond acceptors (Lipinski definition) is 3. The van der Waals surface area contributed by atoms with Crippen molar-refractivity contribution in [1.29, 1.82) is 0 Å². The molecule has 0 heterocycles. The van der Waals surface area contributed by atoms with Crippen molar-refractivity contribution in [3.8, 4) is 16.9 Å². The van der Waals surface area contributed by atoms with E-state index in [0.717, 1.165) is 25.0 Å². The largest absolute Gasteiger partial charge is 0.489 e. The molecule has 1 unspecified atom stereocenters. The van der Waals surface area contributed by atoms with E-state index in [0.29, 0.717) is 29.0 Å². The van der Waals surface area contributed by atoms with Gasteiger partial charge in [-0.25, -0.2) is 4.39 Å². The first-order valence-corrected chi connectivity index (χ1v) is 10.5. The molecule has 0 spiro atoms. The van der Waals surface area contributed by atoms with Gasteiger partial charge in [0.25, 0.3) is 0 Å². The maximum Gasteiger partial charge on any atom is 0.416 e. The number of esters is 1. The second-order valence-corrected chi connectivity index (χ2v) is 7.88. The molecule has 0 radical (unpaired) electrons. The van der Waals surface area contributed by atoms with Crippen LogP contribution < -0.4 is 4.74 Å². The predicted molar refractivity (Wildman–Crippen MR) is 110 cm³/mol. The van der Waals surface area contributed by atoms with Crippen LogP contribution in [-0.4, -0.2) is 25.9 Å². The third-order valence-corrected chi connectivity index (χ3v) is 5.43. The number of benzene rings is 2. The molecule has 0 aliphatic heterocycles. The molecule has 0 bridgehead atoms. The smallest absolute Gasteiger partial charge is 0.416 e. The Balaban J connectivity index is 2.06. The lowest BCUT2D eigenvalue weighted by Crippen LogP contribution is -2.17. The number of rotatable bonds is 9. The van der Waals surface area contributed by atoms with Crippen LogP contribution in [0.3, 0.4) is 0 Å². The Kier molecular flexibility index (Phi) is 7.46. The summed E-state index contributed by atoms with van der Waals surface area (Å²) in [6.45, 7) is 0.950. The molecule has 1 saturated carbocycles. The predicted octanol–water partition coefficient (Wildman–Crippen LogP) is 6.82. The summed E-state index contributed by atoms with van der Waals surface area (Å²) in [6, 6.07) is 7.80. The van der Waals surface area contributed by atoms with Crippen LogP contribution >= 0.6 is 11.6 Å². The summed E-state index contributed by atoms with van der Waals surface area (Å²) in [4.78, 5) is 12.6. The number of halogens is 5. The van der Waals surface area contributed by atoms with Crippen LogP contribution in [0.5, 0.6) is 5.75 Å². The van der Waals surface area contributed by atoms with Crippen LogP contribution in [0.4, 0.5) is 17.6 Å². The van der Waals surface area contributed by atoms with Gasteiger partial charge in [-0.1, -0.05) is 36.6 Å². The van der Waals surface area contributed by atoms with E-state index in [9.17, 15) is 22.4 Å². The quantitative estimate of drug-likeness (QED) is 0.305. The van der Waals surface area contributed by atoms with Crippen LogP contribution in [0.25, 0.3) is 11.1 Å². The molecule has 3 nitrogen and oxygen atoms in total. The monoisotopic (exact) mass is 458 g/mol. The van der Waals surface area contributed by atoms with E-state index >= 15 is 0 Å². The van der Waals surface area contributed by atoms with E-state index in [-0.39, 0.29) is 30.0 Å². The van der Waals surface area contributed by atoms with Crippen molar-refractivity contribution in [3.63, 3.8) is 0 Å². The number of carbonyl (C=O) groups excluding carboxylic acids is 1. The topological polar surface area (TPSA) is 35.5 Å². The molecule has 2 aromatic carbocycles. The normalized spacial score (nSPS) is 14.9. The highest BCUT2D eigenvalue weighted by molar-refractivity contribution is 6.32. The van der Waals surface area contributed by atoms with E-state index in [4.69, 9.17) is 21.1 Å². The lowest BCUT2D eigenvalue weighted by atomic mass is 9.90. The van der Waals surface area contributed by atoms with E-state index in [2.05, 4.69) is 0 Å². The zero-order chi connectivity index (χ0) is 22.6. The maximum atomic E-state index is 13.0. The standard InChI is InChI=1S/C23H23ClF4O3/c1-2-30-22(29)19(11-14-3-4-14)16-12-18(21(20(24)13-16)31-10-9-25)15-5-7-17(8-6-15)23(26,27)28/h5-8,12-14,19H,2-4,9-11H2,1H3. The Morgan fingerprint density at radius 3 is 2.42 bits per heavy atom. The van der Waals surface area contributed by atoms with Gasteiger partial charge in [-0.05, 0) is 54.7 Å². The number of carbonyl (C=O) groups is 1.